The number of nitrogens with one attached hydrogen (secondary N) is 1. The maximum absolute atomic E-state index is 12.8. The first-order valence-corrected chi connectivity index (χ1v) is 13.5. The van der Waals surface area contributed by atoms with E-state index in [2.05, 4.69) is 10.3 Å². The average molecular weight is 536 g/mol. The third kappa shape index (κ3) is 5.96. The number of hydrogen-bond donors (Lipinski definition) is 1. The molecule has 0 bridgehead atoms. The molecule has 0 aliphatic carbocycles. The van der Waals surface area contributed by atoms with E-state index in [0.29, 0.717) is 60.5 Å². The normalized spacial score (nSPS) is 15.1. The average Bonchev–Trinajstić information content (AvgIpc) is 3.46. The number of fused-ring (bicyclic) bond motifs is 1. The molecule has 1 aromatic heterocycles. The van der Waals surface area contributed by atoms with Gasteiger partial charge < -0.3 is 24.4 Å². The Kier molecular flexibility index (Phi) is 7.88. The summed E-state index contributed by atoms with van der Waals surface area (Å²) < 4.78 is 16.2. The summed E-state index contributed by atoms with van der Waals surface area (Å²) in [4.78, 5) is 44.3. The standard InChI is InChI=1S/C28H29N3O6S/c1-35-21-5-2-18(3-6-21)23(32)7-9-26(33)31-12-10-19(11-13-31)28-30-22(17-38-28)27(34)29-20-4-8-24-25(16-20)37-15-14-36-24/h2-6,8,16-17,19H,7,9-15H2,1H3,(H,29,34). The zero-order valence-corrected chi connectivity index (χ0v) is 21.9. The van der Waals surface area contributed by atoms with Gasteiger partial charge in [0.1, 0.15) is 24.7 Å². The number of piperidine rings is 1. The number of nitrogens with zero attached hydrogens (tertiary/aromatic N) is 2. The van der Waals surface area contributed by atoms with Crippen molar-refractivity contribution in [1.82, 2.24) is 9.88 Å². The molecule has 2 aliphatic rings. The highest BCUT2D eigenvalue weighted by Gasteiger charge is 2.27. The van der Waals surface area contributed by atoms with Gasteiger partial charge in [0.2, 0.25) is 5.91 Å². The van der Waals surface area contributed by atoms with Crippen molar-refractivity contribution in [3.05, 3.63) is 64.1 Å². The van der Waals surface area contributed by atoms with Gasteiger partial charge in [-0.05, 0) is 49.2 Å². The van der Waals surface area contributed by atoms with Crippen LogP contribution in [0.2, 0.25) is 0 Å². The smallest absolute Gasteiger partial charge is 0.275 e. The van der Waals surface area contributed by atoms with Gasteiger partial charge in [-0.3, -0.25) is 14.4 Å². The number of carbonyl (C=O) groups excluding carboxylic acids is 3. The van der Waals surface area contributed by atoms with Crippen LogP contribution in [0.4, 0.5) is 5.69 Å². The fourth-order valence-electron chi connectivity index (χ4n) is 4.57. The number of amides is 2. The molecule has 0 unspecified atom stereocenters. The highest BCUT2D eigenvalue weighted by atomic mass is 32.1. The van der Waals surface area contributed by atoms with Gasteiger partial charge in [-0.15, -0.1) is 11.3 Å². The van der Waals surface area contributed by atoms with Crippen molar-refractivity contribution in [1.29, 1.82) is 0 Å². The van der Waals surface area contributed by atoms with Crippen LogP contribution in [0.3, 0.4) is 0 Å². The second-order valence-corrected chi connectivity index (χ2v) is 10.1. The first-order chi connectivity index (χ1) is 18.5. The Bertz CT molecular complexity index is 1310. The molecule has 198 valence electrons. The molecule has 38 heavy (non-hydrogen) atoms. The van der Waals surface area contributed by atoms with Gasteiger partial charge in [0.25, 0.3) is 5.91 Å². The lowest BCUT2D eigenvalue weighted by Gasteiger charge is -2.31. The molecular formula is C28H29N3O6S. The van der Waals surface area contributed by atoms with Gasteiger partial charge in [0.15, 0.2) is 17.3 Å². The molecule has 10 heteroatoms. The summed E-state index contributed by atoms with van der Waals surface area (Å²) in [7, 11) is 1.58. The second kappa shape index (κ2) is 11.6. The monoisotopic (exact) mass is 535 g/mol. The van der Waals surface area contributed by atoms with E-state index >= 15 is 0 Å². The lowest BCUT2D eigenvalue weighted by atomic mass is 9.97. The number of likely N-dealkylation sites (tertiary alicyclic amines) is 1. The molecule has 0 radical (unpaired) electrons. The van der Waals surface area contributed by atoms with Gasteiger partial charge in [-0.1, -0.05) is 0 Å². The summed E-state index contributed by atoms with van der Waals surface area (Å²) >= 11 is 1.47. The first kappa shape index (κ1) is 25.7. The lowest BCUT2D eigenvalue weighted by molar-refractivity contribution is -0.132. The Balaban J connectivity index is 1.09. The Labute approximate surface area is 224 Å². The number of benzene rings is 2. The van der Waals surface area contributed by atoms with E-state index in [1.165, 1.54) is 11.3 Å². The van der Waals surface area contributed by atoms with Crippen LogP contribution in [-0.4, -0.2) is 60.9 Å². The number of methoxy groups -OCH3 is 1. The molecule has 3 aromatic rings. The van der Waals surface area contributed by atoms with Crippen LogP contribution in [0.1, 0.15) is 57.5 Å². The maximum atomic E-state index is 12.8. The quantitative estimate of drug-likeness (QED) is 0.422. The SMILES string of the molecule is COc1ccc(C(=O)CCC(=O)N2CCC(c3nc(C(=O)Nc4ccc5c(c4)OCCO5)cs3)CC2)cc1. The number of Topliss-reactive ketones (excluding diaryl/α,β-unsaturated/α-hetero) is 1. The first-order valence-electron chi connectivity index (χ1n) is 12.6. The van der Waals surface area contributed by atoms with Crippen LogP contribution in [-0.2, 0) is 4.79 Å². The molecule has 0 spiro atoms. The summed E-state index contributed by atoms with van der Waals surface area (Å²) in [6.07, 6.45) is 1.92. The number of ether oxygens (including phenoxy) is 3. The maximum Gasteiger partial charge on any atom is 0.275 e. The molecule has 2 aromatic carbocycles. The predicted octanol–water partition coefficient (Wildman–Crippen LogP) is 4.54. The van der Waals surface area contributed by atoms with Crippen molar-refractivity contribution in [2.75, 3.05) is 38.7 Å². The van der Waals surface area contributed by atoms with Crippen LogP contribution in [0.15, 0.2) is 47.8 Å². The Morgan fingerprint density at radius 1 is 1.03 bits per heavy atom. The molecule has 0 atom stereocenters. The zero-order valence-electron chi connectivity index (χ0n) is 21.1. The molecule has 9 nitrogen and oxygen atoms in total. The molecule has 2 aliphatic heterocycles. The largest absolute Gasteiger partial charge is 0.497 e. The highest BCUT2D eigenvalue weighted by Crippen LogP contribution is 2.33. The van der Waals surface area contributed by atoms with E-state index in [1.54, 1.807) is 55.0 Å². The fraction of sp³-hybridized carbons (Fsp3) is 0.357. The van der Waals surface area contributed by atoms with Crippen LogP contribution < -0.4 is 19.5 Å². The minimum absolute atomic E-state index is 0.0102. The Morgan fingerprint density at radius 3 is 2.50 bits per heavy atom. The number of carbonyl (C=O) groups is 3. The van der Waals surface area contributed by atoms with Crippen LogP contribution in [0, 0.1) is 0 Å². The van der Waals surface area contributed by atoms with Gasteiger partial charge in [-0.2, -0.15) is 0 Å². The summed E-state index contributed by atoms with van der Waals surface area (Å²) in [5, 5.41) is 5.54. The predicted molar refractivity (Wildman–Crippen MR) is 143 cm³/mol. The third-order valence-corrected chi connectivity index (χ3v) is 7.74. The van der Waals surface area contributed by atoms with E-state index in [-0.39, 0.29) is 36.4 Å². The van der Waals surface area contributed by atoms with E-state index in [0.717, 1.165) is 17.8 Å². The van der Waals surface area contributed by atoms with E-state index in [9.17, 15) is 14.4 Å². The lowest BCUT2D eigenvalue weighted by Crippen LogP contribution is -2.38. The number of rotatable bonds is 8. The minimum atomic E-state index is -0.279. The Hall–Kier alpha value is -3.92. The molecule has 5 rings (SSSR count). The van der Waals surface area contributed by atoms with Crippen molar-refractivity contribution in [2.45, 2.75) is 31.6 Å². The van der Waals surface area contributed by atoms with Crippen LogP contribution in [0.25, 0.3) is 0 Å². The molecule has 1 N–H and O–H groups in total. The zero-order chi connectivity index (χ0) is 26.5. The van der Waals surface area contributed by atoms with Crippen LogP contribution >= 0.6 is 11.3 Å². The van der Waals surface area contributed by atoms with E-state index in [1.807, 2.05) is 4.90 Å². The molecule has 1 saturated heterocycles. The van der Waals surface area contributed by atoms with Gasteiger partial charge in [-0.25, -0.2) is 4.98 Å². The summed E-state index contributed by atoms with van der Waals surface area (Å²) in [6, 6.07) is 12.2. The van der Waals surface area contributed by atoms with Gasteiger partial charge in [0, 0.05) is 54.5 Å². The number of anilines is 1. The van der Waals surface area contributed by atoms with Crippen molar-refractivity contribution in [2.24, 2.45) is 0 Å². The van der Waals surface area contributed by atoms with E-state index in [4.69, 9.17) is 14.2 Å². The fourth-order valence-corrected chi connectivity index (χ4v) is 5.54. The molecule has 1 fully saturated rings. The number of thiazole rings is 1. The highest BCUT2D eigenvalue weighted by molar-refractivity contribution is 7.10. The number of ketones is 1. The molecule has 2 amide bonds. The molecular weight excluding hydrogens is 506 g/mol. The van der Waals surface area contributed by atoms with Crippen molar-refractivity contribution in [3.8, 4) is 17.2 Å². The topological polar surface area (TPSA) is 107 Å². The molecule has 0 saturated carbocycles. The molecule has 3 heterocycles. The summed E-state index contributed by atoms with van der Waals surface area (Å²) in [5.74, 6) is 1.82. The minimum Gasteiger partial charge on any atom is -0.497 e. The summed E-state index contributed by atoms with van der Waals surface area (Å²) in [6.45, 7) is 2.21. The second-order valence-electron chi connectivity index (χ2n) is 9.19. The van der Waals surface area contributed by atoms with Crippen molar-refractivity contribution < 1.29 is 28.6 Å². The van der Waals surface area contributed by atoms with Crippen molar-refractivity contribution >= 4 is 34.6 Å². The number of hydrogen-bond acceptors (Lipinski definition) is 8. The van der Waals surface area contributed by atoms with Gasteiger partial charge >= 0.3 is 0 Å². The van der Waals surface area contributed by atoms with Crippen LogP contribution in [0.5, 0.6) is 17.2 Å². The van der Waals surface area contributed by atoms with Gasteiger partial charge in [0.05, 0.1) is 12.1 Å². The summed E-state index contributed by atoms with van der Waals surface area (Å²) in [5.41, 5.74) is 1.57. The third-order valence-electron chi connectivity index (χ3n) is 6.73. The van der Waals surface area contributed by atoms with E-state index < -0.39 is 0 Å². The van der Waals surface area contributed by atoms with Crippen molar-refractivity contribution in [3.63, 3.8) is 0 Å². The Morgan fingerprint density at radius 2 is 1.76 bits per heavy atom. The number of aromatic nitrogens is 1.